The molecule has 23 heavy (non-hydrogen) atoms. The van der Waals surface area contributed by atoms with Crippen LogP contribution in [-0.2, 0) is 16.0 Å². The van der Waals surface area contributed by atoms with Crippen LogP contribution in [0.1, 0.15) is 44.7 Å². The Kier molecular flexibility index (Phi) is 5.45. The predicted molar refractivity (Wildman–Crippen MR) is 92.1 cm³/mol. The zero-order valence-electron chi connectivity index (χ0n) is 14.7. The lowest BCUT2D eigenvalue weighted by Crippen LogP contribution is -2.49. The Balaban J connectivity index is 1.81. The third-order valence-electron chi connectivity index (χ3n) is 4.40. The topological polar surface area (TPSA) is 49.4 Å². The molecule has 0 saturated carbocycles. The van der Waals surface area contributed by atoms with E-state index in [1.54, 1.807) is 0 Å². The minimum atomic E-state index is -0.332. The number of carbonyl (C=O) groups excluding carboxylic acids is 2. The van der Waals surface area contributed by atoms with E-state index in [9.17, 15) is 9.59 Å². The Hall–Kier alpha value is -1.84. The molecule has 1 aromatic rings. The molecule has 0 atom stereocenters. The van der Waals surface area contributed by atoms with Crippen LogP contribution in [0.5, 0.6) is 0 Å². The van der Waals surface area contributed by atoms with Gasteiger partial charge in [0.25, 0.3) is 0 Å². The van der Waals surface area contributed by atoms with Gasteiger partial charge in [0.1, 0.15) is 0 Å². The fourth-order valence-corrected chi connectivity index (χ4v) is 2.96. The molecule has 4 nitrogen and oxygen atoms in total. The van der Waals surface area contributed by atoms with E-state index < -0.39 is 0 Å². The molecule has 0 spiro atoms. The van der Waals surface area contributed by atoms with Crippen molar-refractivity contribution in [2.45, 2.75) is 53.0 Å². The van der Waals surface area contributed by atoms with Crippen molar-refractivity contribution in [2.75, 3.05) is 13.1 Å². The van der Waals surface area contributed by atoms with Crippen LogP contribution in [0.2, 0.25) is 0 Å². The van der Waals surface area contributed by atoms with Crippen LogP contribution in [0, 0.1) is 12.3 Å². The molecule has 2 rings (SSSR count). The molecule has 1 aliphatic rings. The summed E-state index contributed by atoms with van der Waals surface area (Å²) in [4.78, 5) is 26.4. The molecule has 0 aliphatic carbocycles. The van der Waals surface area contributed by atoms with Crippen molar-refractivity contribution in [2.24, 2.45) is 5.41 Å². The first-order chi connectivity index (χ1) is 10.8. The SMILES string of the molecule is Cc1ccccc1CC(=O)NC1CCN(C(=O)C(C)(C)C)CC1. The average Bonchev–Trinajstić information content (AvgIpc) is 2.49. The van der Waals surface area contributed by atoms with Crippen molar-refractivity contribution < 1.29 is 9.59 Å². The van der Waals surface area contributed by atoms with Crippen LogP contribution >= 0.6 is 0 Å². The smallest absolute Gasteiger partial charge is 0.227 e. The number of nitrogens with zero attached hydrogens (tertiary/aromatic N) is 1. The summed E-state index contributed by atoms with van der Waals surface area (Å²) in [5.74, 6) is 0.266. The van der Waals surface area contributed by atoms with Crippen LogP contribution in [0.15, 0.2) is 24.3 Å². The minimum Gasteiger partial charge on any atom is -0.353 e. The molecule has 1 saturated heterocycles. The van der Waals surface area contributed by atoms with Gasteiger partial charge in [0.05, 0.1) is 6.42 Å². The van der Waals surface area contributed by atoms with Gasteiger partial charge in [-0.2, -0.15) is 0 Å². The van der Waals surface area contributed by atoms with Crippen LogP contribution in [0.3, 0.4) is 0 Å². The lowest BCUT2D eigenvalue weighted by atomic mass is 9.93. The van der Waals surface area contributed by atoms with E-state index in [2.05, 4.69) is 5.32 Å². The first kappa shape index (κ1) is 17.5. The minimum absolute atomic E-state index is 0.0693. The number of piperidine rings is 1. The summed E-state index contributed by atoms with van der Waals surface area (Å²) in [6.45, 7) is 9.33. The standard InChI is InChI=1S/C19H28N2O2/c1-14-7-5-6-8-15(14)13-17(22)20-16-9-11-21(12-10-16)18(23)19(2,3)4/h5-8,16H,9-13H2,1-4H3,(H,20,22). The van der Waals surface area contributed by atoms with Crippen molar-refractivity contribution in [3.63, 3.8) is 0 Å². The number of carbonyl (C=O) groups is 2. The van der Waals surface area contributed by atoms with Crippen molar-refractivity contribution in [1.82, 2.24) is 10.2 Å². The Bertz CT molecular complexity index is 567. The molecule has 0 unspecified atom stereocenters. The predicted octanol–water partition coefficient (Wildman–Crippen LogP) is 2.69. The molecule has 0 radical (unpaired) electrons. The maximum atomic E-state index is 12.3. The summed E-state index contributed by atoms with van der Waals surface area (Å²) in [5, 5.41) is 3.12. The maximum absolute atomic E-state index is 12.3. The fourth-order valence-electron chi connectivity index (χ4n) is 2.96. The van der Waals surface area contributed by atoms with Crippen LogP contribution in [0.4, 0.5) is 0 Å². The van der Waals surface area contributed by atoms with Gasteiger partial charge >= 0.3 is 0 Å². The Morgan fingerprint density at radius 2 is 1.78 bits per heavy atom. The van der Waals surface area contributed by atoms with Crippen LogP contribution in [-0.4, -0.2) is 35.8 Å². The van der Waals surface area contributed by atoms with Crippen LogP contribution in [0.25, 0.3) is 0 Å². The first-order valence-electron chi connectivity index (χ1n) is 8.40. The molecule has 1 heterocycles. The number of hydrogen-bond donors (Lipinski definition) is 1. The number of amides is 2. The average molecular weight is 316 g/mol. The highest BCUT2D eigenvalue weighted by molar-refractivity contribution is 5.82. The molecular weight excluding hydrogens is 288 g/mol. The van der Waals surface area contributed by atoms with Gasteiger partial charge in [0, 0.05) is 24.5 Å². The second-order valence-corrected chi connectivity index (χ2v) is 7.49. The molecule has 1 fully saturated rings. The molecule has 0 bridgehead atoms. The zero-order chi connectivity index (χ0) is 17.0. The Labute approximate surface area is 139 Å². The lowest BCUT2D eigenvalue weighted by Gasteiger charge is -2.36. The molecule has 1 aromatic carbocycles. The van der Waals surface area contributed by atoms with E-state index in [4.69, 9.17) is 0 Å². The summed E-state index contributed by atoms with van der Waals surface area (Å²) >= 11 is 0. The summed E-state index contributed by atoms with van der Waals surface area (Å²) in [6.07, 6.45) is 2.09. The molecule has 1 aliphatic heterocycles. The number of rotatable bonds is 3. The monoisotopic (exact) mass is 316 g/mol. The molecule has 2 amide bonds. The molecule has 126 valence electrons. The van der Waals surface area contributed by atoms with Gasteiger partial charge in [-0.05, 0) is 30.9 Å². The number of hydrogen-bond acceptors (Lipinski definition) is 2. The van der Waals surface area contributed by atoms with Crippen molar-refractivity contribution in [1.29, 1.82) is 0 Å². The van der Waals surface area contributed by atoms with Gasteiger partial charge < -0.3 is 10.2 Å². The van der Waals surface area contributed by atoms with Gasteiger partial charge in [0.2, 0.25) is 11.8 Å². The lowest BCUT2D eigenvalue weighted by molar-refractivity contribution is -0.140. The summed E-state index contributed by atoms with van der Waals surface area (Å²) in [7, 11) is 0. The van der Waals surface area contributed by atoms with Gasteiger partial charge in [-0.25, -0.2) is 0 Å². The largest absolute Gasteiger partial charge is 0.353 e. The highest BCUT2D eigenvalue weighted by Crippen LogP contribution is 2.21. The van der Waals surface area contributed by atoms with E-state index in [0.717, 1.165) is 37.1 Å². The maximum Gasteiger partial charge on any atom is 0.227 e. The highest BCUT2D eigenvalue weighted by Gasteiger charge is 2.30. The third kappa shape index (κ3) is 4.81. The second kappa shape index (κ2) is 7.16. The van der Waals surface area contributed by atoms with Crippen molar-refractivity contribution in [3.05, 3.63) is 35.4 Å². The van der Waals surface area contributed by atoms with Gasteiger partial charge in [0.15, 0.2) is 0 Å². The van der Waals surface area contributed by atoms with E-state index in [0.29, 0.717) is 6.42 Å². The van der Waals surface area contributed by atoms with Crippen molar-refractivity contribution in [3.8, 4) is 0 Å². The summed E-state index contributed by atoms with van der Waals surface area (Å²) in [5.41, 5.74) is 1.89. The van der Waals surface area contributed by atoms with Gasteiger partial charge in [-0.1, -0.05) is 45.0 Å². The normalized spacial score (nSPS) is 16.3. The van der Waals surface area contributed by atoms with E-state index >= 15 is 0 Å². The van der Waals surface area contributed by atoms with Gasteiger partial charge in [-0.15, -0.1) is 0 Å². The van der Waals surface area contributed by atoms with E-state index in [-0.39, 0.29) is 23.3 Å². The summed E-state index contributed by atoms with van der Waals surface area (Å²) in [6, 6.07) is 8.15. The Morgan fingerprint density at radius 3 is 2.35 bits per heavy atom. The summed E-state index contributed by atoms with van der Waals surface area (Å²) < 4.78 is 0. The highest BCUT2D eigenvalue weighted by atomic mass is 16.2. The van der Waals surface area contributed by atoms with E-state index in [1.807, 2.05) is 56.9 Å². The molecule has 4 heteroatoms. The second-order valence-electron chi connectivity index (χ2n) is 7.49. The molecule has 0 aromatic heterocycles. The number of benzene rings is 1. The number of nitrogens with one attached hydrogen (secondary N) is 1. The Morgan fingerprint density at radius 1 is 1.17 bits per heavy atom. The quantitative estimate of drug-likeness (QED) is 0.932. The van der Waals surface area contributed by atoms with Gasteiger partial charge in [-0.3, -0.25) is 9.59 Å². The zero-order valence-corrected chi connectivity index (χ0v) is 14.7. The molecular formula is C19H28N2O2. The first-order valence-corrected chi connectivity index (χ1v) is 8.40. The number of likely N-dealkylation sites (tertiary alicyclic amines) is 1. The fraction of sp³-hybridized carbons (Fsp3) is 0.579. The molecule has 1 N–H and O–H groups in total. The number of aryl methyl sites for hydroxylation is 1. The van der Waals surface area contributed by atoms with E-state index in [1.165, 1.54) is 0 Å². The third-order valence-corrected chi connectivity index (χ3v) is 4.40. The van der Waals surface area contributed by atoms with Crippen molar-refractivity contribution >= 4 is 11.8 Å². The van der Waals surface area contributed by atoms with Crippen LogP contribution < -0.4 is 5.32 Å².